The molecule has 0 heterocycles. The quantitative estimate of drug-likeness (QED) is 0.309. The van der Waals surface area contributed by atoms with Crippen LogP contribution in [0.25, 0.3) is 0 Å². The van der Waals surface area contributed by atoms with Gasteiger partial charge in [0.15, 0.2) is 0 Å². The molecule has 0 bridgehead atoms. The fourth-order valence-electron chi connectivity index (χ4n) is 0.565. The average Bonchev–Trinajstić information content (AvgIpc) is 2.34. The molecule has 0 fully saturated rings. The van der Waals surface area contributed by atoms with E-state index in [1.54, 1.807) is 0 Å². The molecule has 0 aromatic carbocycles. The second kappa shape index (κ2) is 11.6. The summed E-state index contributed by atoms with van der Waals surface area (Å²) in [5.74, 6) is -11.3. The van der Waals surface area contributed by atoms with Gasteiger partial charge in [0.1, 0.15) is 0 Å². The zero-order chi connectivity index (χ0) is 21.7. The Morgan fingerprint density at radius 2 is 0.679 bits per heavy atom. The zero-order valence-electron chi connectivity index (χ0n) is 12.0. The fourth-order valence-corrected chi connectivity index (χ4v) is 0.565. The van der Waals surface area contributed by atoms with Crippen molar-refractivity contribution in [3.63, 3.8) is 0 Å². The molecular formula is C10H2Co2F12O4+2. The van der Waals surface area contributed by atoms with Gasteiger partial charge in [-0.25, -0.2) is 0 Å². The molecule has 166 valence electrons. The molecule has 0 unspecified atom stereocenters. The van der Waals surface area contributed by atoms with Crippen LogP contribution < -0.4 is 10.2 Å². The third-order valence-corrected chi connectivity index (χ3v) is 1.64. The number of carbonyl (C=O) groups excluding carboxylic acids is 2. The van der Waals surface area contributed by atoms with Crippen LogP contribution >= 0.6 is 0 Å². The maximum absolute atomic E-state index is 11.3. The Kier molecular flexibility index (Phi) is 14.1. The number of allylic oxidation sites excluding steroid dienone is 4. The van der Waals surface area contributed by atoms with E-state index in [-0.39, 0.29) is 33.6 Å². The van der Waals surface area contributed by atoms with Crippen LogP contribution in [0.3, 0.4) is 0 Å². The Morgan fingerprint density at radius 3 is 0.786 bits per heavy atom. The van der Waals surface area contributed by atoms with Gasteiger partial charge < -0.3 is 10.2 Å². The van der Waals surface area contributed by atoms with Crippen LogP contribution in [0.15, 0.2) is 23.7 Å². The van der Waals surface area contributed by atoms with Gasteiger partial charge >= 0.3 is 58.3 Å². The van der Waals surface area contributed by atoms with Crippen LogP contribution in [0.5, 0.6) is 0 Å². The number of halogens is 12. The minimum atomic E-state index is -5.46. The Hall–Kier alpha value is -1.41. The van der Waals surface area contributed by atoms with E-state index in [1.807, 2.05) is 0 Å². The molecule has 0 rings (SSSR count). The summed E-state index contributed by atoms with van der Waals surface area (Å²) in [6.45, 7) is 0. The van der Waals surface area contributed by atoms with Gasteiger partial charge in [0.2, 0.25) is 0 Å². The Bertz CT molecular complexity index is 531. The van der Waals surface area contributed by atoms with Crippen molar-refractivity contribution < 1.29 is 106 Å². The van der Waals surface area contributed by atoms with Crippen molar-refractivity contribution in [1.82, 2.24) is 0 Å². The van der Waals surface area contributed by atoms with Gasteiger partial charge in [-0.1, -0.05) is 0 Å². The van der Waals surface area contributed by atoms with E-state index < -0.39 is 59.9 Å². The fraction of sp³-hybridized carbons (Fsp3) is 0.400. The number of hydrogen-bond donors (Lipinski definition) is 0. The van der Waals surface area contributed by atoms with E-state index >= 15 is 0 Å². The first-order chi connectivity index (χ1) is 11.1. The average molecular weight is 532 g/mol. The standard InChI is InChI=1S/2C5H2F6O2.2Co/c2*6-4(7,8)2(12)1-3(13)5(9,10)11;;/h2*1,12H;;/q;;2*+2/p-2. The van der Waals surface area contributed by atoms with Crippen LogP contribution in [-0.2, 0) is 43.1 Å². The zero-order valence-corrected chi connectivity index (χ0v) is 14.1. The maximum atomic E-state index is 11.3. The van der Waals surface area contributed by atoms with Gasteiger partial charge in [0.25, 0.3) is 11.6 Å². The molecule has 0 aliphatic carbocycles. The molecule has 0 saturated carbocycles. The van der Waals surface area contributed by atoms with Crippen molar-refractivity contribution in [2.24, 2.45) is 0 Å². The van der Waals surface area contributed by atoms with Crippen molar-refractivity contribution in [1.29, 1.82) is 0 Å². The minimum Gasteiger partial charge on any atom is -0.869 e. The minimum absolute atomic E-state index is 0. The number of hydrogen-bond acceptors (Lipinski definition) is 4. The predicted octanol–water partition coefficient (Wildman–Crippen LogP) is 1.84. The summed E-state index contributed by atoms with van der Waals surface area (Å²) in [5.41, 5.74) is 0. The molecule has 0 aliphatic heterocycles. The number of alkyl halides is 12. The number of carbonyl (C=O) groups is 2. The van der Waals surface area contributed by atoms with Crippen LogP contribution in [0.1, 0.15) is 0 Å². The van der Waals surface area contributed by atoms with E-state index in [4.69, 9.17) is 0 Å². The molecule has 2 radical (unpaired) electrons. The van der Waals surface area contributed by atoms with Crippen LogP contribution in [0, 0.1) is 0 Å². The van der Waals surface area contributed by atoms with Gasteiger partial charge in [-0.3, -0.25) is 9.59 Å². The van der Waals surface area contributed by atoms with E-state index in [0.29, 0.717) is 0 Å². The molecule has 0 spiro atoms. The normalized spacial score (nSPS) is 13.4. The summed E-state index contributed by atoms with van der Waals surface area (Å²) in [6, 6.07) is 0. The van der Waals surface area contributed by atoms with Crippen LogP contribution in [0.4, 0.5) is 52.7 Å². The maximum Gasteiger partial charge on any atom is 2.00 e. The molecule has 0 aromatic rings. The molecule has 0 atom stereocenters. The first-order valence-electron chi connectivity index (χ1n) is 5.24. The largest absolute Gasteiger partial charge is 2.00 e. The molecule has 28 heavy (non-hydrogen) atoms. The van der Waals surface area contributed by atoms with Crippen molar-refractivity contribution in [3.05, 3.63) is 23.7 Å². The SMILES string of the molecule is O=C(C=C([O-])C(F)(F)F)C(F)(F)F.O=C(C=C([O-])C(F)(F)F)C(F)(F)F.[Co+2].[Co+2]. The van der Waals surface area contributed by atoms with E-state index in [9.17, 15) is 72.5 Å². The van der Waals surface area contributed by atoms with Gasteiger partial charge in [0, 0.05) is 0 Å². The first kappa shape index (κ1) is 34.1. The van der Waals surface area contributed by atoms with E-state index in [0.717, 1.165) is 0 Å². The van der Waals surface area contributed by atoms with E-state index in [1.165, 1.54) is 0 Å². The van der Waals surface area contributed by atoms with Crippen LogP contribution in [0.2, 0.25) is 0 Å². The molecule has 0 saturated heterocycles. The molecule has 18 heteroatoms. The Morgan fingerprint density at radius 1 is 0.500 bits per heavy atom. The summed E-state index contributed by atoms with van der Waals surface area (Å²) in [5, 5.41) is 19.6. The van der Waals surface area contributed by atoms with Crippen molar-refractivity contribution in [2.45, 2.75) is 24.7 Å². The summed E-state index contributed by atoms with van der Waals surface area (Å²) in [6.07, 6.45) is -23.9. The predicted molar refractivity (Wildman–Crippen MR) is 50.4 cm³/mol. The van der Waals surface area contributed by atoms with Gasteiger partial charge in [-0.05, 0) is 23.7 Å². The monoisotopic (exact) mass is 532 g/mol. The molecule has 0 N–H and O–H groups in total. The number of rotatable bonds is 2. The van der Waals surface area contributed by atoms with Crippen molar-refractivity contribution in [3.8, 4) is 0 Å². The molecule has 4 nitrogen and oxygen atoms in total. The van der Waals surface area contributed by atoms with Crippen LogP contribution in [-0.4, -0.2) is 36.3 Å². The molecular weight excluding hydrogens is 530 g/mol. The summed E-state index contributed by atoms with van der Waals surface area (Å²) in [7, 11) is 0. The summed E-state index contributed by atoms with van der Waals surface area (Å²) >= 11 is 0. The third-order valence-electron chi connectivity index (χ3n) is 1.64. The van der Waals surface area contributed by atoms with Crippen molar-refractivity contribution >= 4 is 11.6 Å². The smallest absolute Gasteiger partial charge is 0.869 e. The summed E-state index contributed by atoms with van der Waals surface area (Å²) < 4.78 is 136. The number of ketones is 2. The Balaban J connectivity index is -0.000000192. The third kappa shape index (κ3) is 14.6. The topological polar surface area (TPSA) is 80.3 Å². The van der Waals surface area contributed by atoms with Gasteiger partial charge in [0.05, 0.1) is 0 Å². The Labute approximate surface area is 166 Å². The van der Waals surface area contributed by atoms with Gasteiger partial charge in [-0.2, -0.15) is 52.7 Å². The second-order valence-electron chi connectivity index (χ2n) is 3.74. The first-order valence-corrected chi connectivity index (χ1v) is 5.24. The molecule has 0 aliphatic rings. The second-order valence-corrected chi connectivity index (χ2v) is 3.74. The summed E-state index contributed by atoms with van der Waals surface area (Å²) in [4.78, 5) is 19.6. The molecule has 0 aromatic heterocycles. The van der Waals surface area contributed by atoms with E-state index in [2.05, 4.69) is 0 Å². The van der Waals surface area contributed by atoms with Crippen molar-refractivity contribution in [2.75, 3.05) is 0 Å². The van der Waals surface area contributed by atoms with Gasteiger partial charge in [-0.15, -0.1) is 0 Å². The molecule has 0 amide bonds.